The van der Waals surface area contributed by atoms with E-state index in [1.165, 1.54) is 0 Å². The highest BCUT2D eigenvalue weighted by molar-refractivity contribution is 6.05. The fraction of sp³-hybridized carbons (Fsp3) is 0.550. The molecule has 0 saturated carbocycles. The molecule has 3 amide bonds. The zero-order valence-corrected chi connectivity index (χ0v) is 16.1. The number of nitrogens with one attached hydrogen (secondary N) is 2. The number of benzene rings is 1. The summed E-state index contributed by atoms with van der Waals surface area (Å²) in [5, 5.41) is 5.73. The minimum atomic E-state index is -0.581. The molecule has 3 heterocycles. The summed E-state index contributed by atoms with van der Waals surface area (Å²) in [6, 6.07) is 5.45. The van der Waals surface area contributed by atoms with Crippen molar-refractivity contribution in [1.82, 2.24) is 20.4 Å². The van der Waals surface area contributed by atoms with E-state index in [1.54, 1.807) is 4.90 Å². The molecule has 1 aromatic rings. The van der Waals surface area contributed by atoms with Crippen LogP contribution in [-0.2, 0) is 27.4 Å². The van der Waals surface area contributed by atoms with Crippen LogP contribution in [0.3, 0.4) is 0 Å². The van der Waals surface area contributed by atoms with Gasteiger partial charge in [-0.2, -0.15) is 0 Å². The Labute approximate surface area is 164 Å². The summed E-state index contributed by atoms with van der Waals surface area (Å²) >= 11 is 0. The van der Waals surface area contributed by atoms with Crippen molar-refractivity contribution in [3.63, 3.8) is 0 Å². The average Bonchev–Trinajstić information content (AvgIpc) is 2.86. The van der Waals surface area contributed by atoms with Gasteiger partial charge in [0.2, 0.25) is 11.8 Å². The highest BCUT2D eigenvalue weighted by Crippen LogP contribution is 2.30. The van der Waals surface area contributed by atoms with Gasteiger partial charge in [0.1, 0.15) is 6.04 Å². The third-order valence-corrected chi connectivity index (χ3v) is 5.84. The largest absolute Gasteiger partial charge is 0.378 e. The molecule has 0 spiro atoms. The van der Waals surface area contributed by atoms with Crippen LogP contribution in [0.4, 0.5) is 0 Å². The smallest absolute Gasteiger partial charge is 0.255 e. The highest BCUT2D eigenvalue weighted by atomic mass is 16.5. The van der Waals surface area contributed by atoms with Gasteiger partial charge < -0.3 is 15.0 Å². The first kappa shape index (κ1) is 19.0. The SMILES string of the molecule is CN(Cc1cccc2c1CN(C1CCC(=O)NC1=O)C2=O)C1CNCCOC1. The van der Waals surface area contributed by atoms with Crippen LogP contribution in [0.1, 0.15) is 34.3 Å². The van der Waals surface area contributed by atoms with Crippen LogP contribution in [-0.4, -0.2) is 73.0 Å². The molecule has 2 unspecified atom stereocenters. The van der Waals surface area contributed by atoms with Gasteiger partial charge in [-0.05, 0) is 30.7 Å². The normalized spacial score (nSPS) is 25.6. The summed E-state index contributed by atoms with van der Waals surface area (Å²) in [7, 11) is 2.06. The first-order valence-corrected chi connectivity index (χ1v) is 9.78. The van der Waals surface area contributed by atoms with Crippen LogP contribution in [0.15, 0.2) is 18.2 Å². The van der Waals surface area contributed by atoms with Gasteiger partial charge in [-0.3, -0.25) is 24.6 Å². The van der Waals surface area contributed by atoms with Crippen molar-refractivity contribution < 1.29 is 19.1 Å². The summed E-state index contributed by atoms with van der Waals surface area (Å²) in [6.07, 6.45) is 0.644. The van der Waals surface area contributed by atoms with E-state index in [9.17, 15) is 14.4 Å². The minimum absolute atomic E-state index is 0.131. The lowest BCUT2D eigenvalue weighted by atomic mass is 10.0. The van der Waals surface area contributed by atoms with Gasteiger partial charge in [0.25, 0.3) is 5.91 Å². The Morgan fingerprint density at radius 2 is 2.14 bits per heavy atom. The highest BCUT2D eigenvalue weighted by Gasteiger charge is 2.39. The Hall–Kier alpha value is -2.29. The zero-order valence-electron chi connectivity index (χ0n) is 16.1. The Morgan fingerprint density at radius 3 is 2.96 bits per heavy atom. The summed E-state index contributed by atoms with van der Waals surface area (Å²) in [4.78, 5) is 40.4. The third-order valence-electron chi connectivity index (χ3n) is 5.84. The van der Waals surface area contributed by atoms with Crippen molar-refractivity contribution in [2.75, 3.05) is 33.4 Å². The van der Waals surface area contributed by atoms with E-state index in [0.717, 1.165) is 30.8 Å². The third kappa shape index (κ3) is 3.67. The molecule has 2 N–H and O–H groups in total. The van der Waals surface area contributed by atoms with Crippen molar-refractivity contribution >= 4 is 17.7 Å². The fourth-order valence-electron chi connectivity index (χ4n) is 4.17. The van der Waals surface area contributed by atoms with Crippen molar-refractivity contribution in [1.29, 1.82) is 0 Å². The van der Waals surface area contributed by atoms with Crippen LogP contribution in [0.5, 0.6) is 0 Å². The van der Waals surface area contributed by atoms with Crippen LogP contribution < -0.4 is 10.6 Å². The summed E-state index contributed by atoms with van der Waals surface area (Å²) in [5.41, 5.74) is 2.73. The monoisotopic (exact) mass is 386 g/mol. The number of hydrogen-bond donors (Lipinski definition) is 2. The lowest BCUT2D eigenvalue weighted by molar-refractivity contribution is -0.136. The molecule has 0 radical (unpaired) electrons. The lowest BCUT2D eigenvalue weighted by Gasteiger charge is -2.29. The zero-order chi connectivity index (χ0) is 19.7. The molecule has 3 aliphatic rings. The molecule has 150 valence electrons. The van der Waals surface area contributed by atoms with Gasteiger partial charge in [-0.15, -0.1) is 0 Å². The number of piperidine rings is 1. The minimum Gasteiger partial charge on any atom is -0.378 e. The number of carbonyl (C=O) groups excluding carboxylic acids is 3. The van der Waals surface area contributed by atoms with Crippen molar-refractivity contribution in [2.45, 2.75) is 38.0 Å². The number of carbonyl (C=O) groups is 3. The molecule has 0 aliphatic carbocycles. The van der Waals surface area contributed by atoms with E-state index >= 15 is 0 Å². The van der Waals surface area contributed by atoms with Gasteiger partial charge >= 0.3 is 0 Å². The molecular formula is C20H26N4O4. The van der Waals surface area contributed by atoms with Gasteiger partial charge in [0.05, 0.1) is 13.2 Å². The maximum absolute atomic E-state index is 12.9. The van der Waals surface area contributed by atoms with E-state index in [0.29, 0.717) is 31.7 Å². The number of imide groups is 1. The predicted molar refractivity (Wildman–Crippen MR) is 101 cm³/mol. The Bertz CT molecular complexity index is 788. The molecule has 2 atom stereocenters. The molecule has 8 nitrogen and oxygen atoms in total. The summed E-state index contributed by atoms with van der Waals surface area (Å²) < 4.78 is 5.65. The van der Waals surface area contributed by atoms with E-state index in [2.05, 4.69) is 22.6 Å². The van der Waals surface area contributed by atoms with Crippen LogP contribution in [0.2, 0.25) is 0 Å². The standard InChI is InChI=1S/C20H26N4O4/c1-23(14-9-21-7-8-28-12-14)10-13-3-2-4-15-16(13)11-24(20(15)27)17-5-6-18(25)22-19(17)26/h2-4,14,17,21H,5-12H2,1H3,(H,22,25,26). The van der Waals surface area contributed by atoms with Crippen molar-refractivity contribution in [2.24, 2.45) is 0 Å². The van der Waals surface area contributed by atoms with Gasteiger partial charge in [-0.25, -0.2) is 0 Å². The average molecular weight is 386 g/mol. The molecule has 2 fully saturated rings. The number of fused-ring (bicyclic) bond motifs is 1. The molecule has 1 aromatic carbocycles. The number of hydrogen-bond acceptors (Lipinski definition) is 6. The van der Waals surface area contributed by atoms with Crippen molar-refractivity contribution in [3.8, 4) is 0 Å². The number of rotatable bonds is 4. The van der Waals surface area contributed by atoms with Crippen molar-refractivity contribution in [3.05, 3.63) is 34.9 Å². The Kier molecular flexibility index (Phi) is 5.43. The van der Waals surface area contributed by atoms with E-state index in [-0.39, 0.29) is 30.2 Å². The molecule has 2 saturated heterocycles. The molecule has 4 rings (SSSR count). The Morgan fingerprint density at radius 1 is 1.29 bits per heavy atom. The van der Waals surface area contributed by atoms with E-state index in [1.807, 2.05) is 18.2 Å². The summed E-state index contributed by atoms with van der Waals surface area (Å²) in [5.74, 6) is -0.779. The van der Waals surface area contributed by atoms with E-state index < -0.39 is 6.04 Å². The molecule has 8 heteroatoms. The van der Waals surface area contributed by atoms with Gasteiger partial charge in [-0.1, -0.05) is 12.1 Å². The second-order valence-corrected chi connectivity index (χ2v) is 7.69. The Balaban J connectivity index is 1.51. The number of nitrogens with zero attached hydrogens (tertiary/aromatic N) is 2. The van der Waals surface area contributed by atoms with Crippen LogP contribution in [0, 0.1) is 0 Å². The maximum Gasteiger partial charge on any atom is 0.255 e. The van der Waals surface area contributed by atoms with Crippen LogP contribution in [0.25, 0.3) is 0 Å². The summed E-state index contributed by atoms with van der Waals surface area (Å²) in [6.45, 7) is 4.24. The molecule has 0 aromatic heterocycles. The first-order valence-electron chi connectivity index (χ1n) is 9.78. The maximum atomic E-state index is 12.9. The number of likely N-dealkylation sites (N-methyl/N-ethyl adjacent to an activating group) is 1. The quantitative estimate of drug-likeness (QED) is 0.701. The fourth-order valence-corrected chi connectivity index (χ4v) is 4.17. The second-order valence-electron chi connectivity index (χ2n) is 7.69. The molecule has 28 heavy (non-hydrogen) atoms. The van der Waals surface area contributed by atoms with Crippen LogP contribution >= 0.6 is 0 Å². The van der Waals surface area contributed by atoms with E-state index in [4.69, 9.17) is 4.74 Å². The molecule has 3 aliphatic heterocycles. The lowest BCUT2D eigenvalue weighted by Crippen LogP contribution is -2.52. The molecular weight excluding hydrogens is 360 g/mol. The predicted octanol–water partition coefficient (Wildman–Crippen LogP) is -0.132. The molecule has 0 bridgehead atoms. The topological polar surface area (TPSA) is 91.0 Å². The number of amides is 3. The van der Waals surface area contributed by atoms with Gasteiger partial charge in [0, 0.05) is 44.2 Å². The number of ether oxygens (including phenoxy) is 1. The van der Waals surface area contributed by atoms with Gasteiger partial charge in [0.15, 0.2) is 0 Å². The first-order chi connectivity index (χ1) is 13.5. The second kappa shape index (κ2) is 7.98.